The quantitative estimate of drug-likeness (QED) is 0.234. The van der Waals surface area contributed by atoms with Gasteiger partial charge in [-0.05, 0) is 24.3 Å². The summed E-state index contributed by atoms with van der Waals surface area (Å²) in [6, 6.07) is 17.5. The van der Waals surface area contributed by atoms with Crippen LogP contribution >= 0.6 is 27.7 Å². The average Bonchev–Trinajstić information content (AvgIpc) is 2.63. The number of benzene rings is 2. The van der Waals surface area contributed by atoms with E-state index in [2.05, 4.69) is 21.2 Å². The van der Waals surface area contributed by atoms with Crippen LogP contribution in [0.1, 0.15) is 10.4 Å². The number of nitrogens with zero attached hydrogens (tertiary/aromatic N) is 1. The van der Waals surface area contributed by atoms with Gasteiger partial charge in [-0.1, -0.05) is 46.3 Å². The summed E-state index contributed by atoms with van der Waals surface area (Å²) >= 11 is 9.45. The Labute approximate surface area is 192 Å². The molecule has 0 radical (unpaired) electrons. The van der Waals surface area contributed by atoms with Crippen LogP contribution in [0.3, 0.4) is 0 Å². The first-order valence-electron chi connectivity index (χ1n) is 7.10. The fraction of sp³-hybridized carbons (Fsp3) is 0.0556. The van der Waals surface area contributed by atoms with Crippen LogP contribution < -0.4 is 34.9 Å². The number of nitrogens with one attached hydrogen (secondary N) is 1. The molecule has 1 N–H and O–H groups in total. The van der Waals surface area contributed by atoms with E-state index in [9.17, 15) is 14.9 Å². The number of hydrogen-bond acceptors (Lipinski definition) is 5. The molecule has 0 atom stereocenters. The van der Waals surface area contributed by atoms with Gasteiger partial charge in [-0.3, -0.25) is 9.59 Å². The second-order valence-corrected chi connectivity index (χ2v) is 7.38. The molecule has 1 amide bonds. The Bertz CT molecular complexity index is 850. The van der Waals surface area contributed by atoms with Crippen molar-refractivity contribution >= 4 is 57.7 Å². The van der Waals surface area contributed by atoms with Crippen LogP contribution in [0.4, 0.5) is 5.69 Å². The molecular weight excluding hydrogens is 443 g/mol. The molecule has 0 aliphatic heterocycles. The molecule has 2 aromatic rings. The molecule has 0 spiro atoms. The van der Waals surface area contributed by atoms with Crippen LogP contribution in [0, 0.1) is 11.3 Å². The minimum absolute atomic E-state index is 0. The predicted molar refractivity (Wildman–Crippen MR) is 106 cm³/mol. The molecule has 0 saturated heterocycles. The molecule has 0 unspecified atom stereocenters. The average molecular weight is 455 g/mol. The monoisotopic (exact) mass is 454 g/mol. The zero-order chi connectivity index (χ0) is 18.2. The van der Waals surface area contributed by atoms with Crippen LogP contribution in [0.25, 0.3) is 0 Å². The normalized spacial score (nSPS) is 10.8. The number of rotatable bonds is 6. The first kappa shape index (κ1) is 22.9. The van der Waals surface area contributed by atoms with Gasteiger partial charge in [-0.2, -0.15) is 5.26 Å². The van der Waals surface area contributed by atoms with Gasteiger partial charge in [0.1, 0.15) is 11.6 Å². The van der Waals surface area contributed by atoms with Crippen molar-refractivity contribution in [3.63, 3.8) is 0 Å². The molecule has 0 bridgehead atoms. The number of ketones is 1. The number of nitriles is 1. The van der Waals surface area contributed by atoms with Crippen molar-refractivity contribution in [2.24, 2.45) is 0 Å². The van der Waals surface area contributed by atoms with Gasteiger partial charge in [0.25, 0.3) is 5.91 Å². The van der Waals surface area contributed by atoms with E-state index < -0.39 is 5.91 Å². The number of thioether (sulfide) groups is 1. The van der Waals surface area contributed by atoms with Gasteiger partial charge in [0.05, 0.1) is 5.75 Å². The fourth-order valence-electron chi connectivity index (χ4n) is 1.83. The number of Topliss-reactive ketones (excluding diaryl/α,β-unsaturated/α-hetero) is 1. The number of amides is 1. The van der Waals surface area contributed by atoms with Crippen LogP contribution in [-0.4, -0.2) is 17.4 Å². The summed E-state index contributed by atoms with van der Waals surface area (Å²) in [5.41, 5.74) is 0.938. The van der Waals surface area contributed by atoms with Crippen LogP contribution in [0.2, 0.25) is 0 Å². The Balaban J connectivity index is 0.00000338. The third kappa shape index (κ3) is 6.88. The third-order valence-electron chi connectivity index (χ3n) is 3.08. The van der Waals surface area contributed by atoms with Gasteiger partial charge in [-0.15, -0.1) is 16.0 Å². The van der Waals surface area contributed by atoms with E-state index in [1.807, 2.05) is 12.1 Å². The smallest absolute Gasteiger partial charge is 0.772 e. The fourth-order valence-corrected chi connectivity index (χ4v) is 3.12. The summed E-state index contributed by atoms with van der Waals surface area (Å²) in [7, 11) is 0. The number of carbonyl (C=O) groups is 2. The van der Waals surface area contributed by atoms with Gasteiger partial charge >= 0.3 is 29.6 Å². The molecule has 2 rings (SSSR count). The van der Waals surface area contributed by atoms with Crippen molar-refractivity contribution in [1.29, 1.82) is 5.26 Å². The summed E-state index contributed by atoms with van der Waals surface area (Å²) in [6.07, 6.45) is 0. The maximum Gasteiger partial charge on any atom is 1.00 e. The van der Waals surface area contributed by atoms with Crippen LogP contribution in [0.15, 0.2) is 68.9 Å². The van der Waals surface area contributed by atoms with Gasteiger partial charge in [0.15, 0.2) is 5.78 Å². The maximum absolute atomic E-state index is 12.2. The van der Waals surface area contributed by atoms with Gasteiger partial charge < -0.3 is 17.9 Å². The van der Waals surface area contributed by atoms with E-state index in [0.29, 0.717) is 11.3 Å². The van der Waals surface area contributed by atoms with Crippen molar-refractivity contribution < 1.29 is 39.1 Å². The number of halogens is 1. The minimum Gasteiger partial charge on any atom is -0.772 e. The van der Waals surface area contributed by atoms with Gasteiger partial charge in [0, 0.05) is 15.7 Å². The zero-order valence-electron chi connectivity index (χ0n) is 13.9. The Hall–Kier alpha value is -1.14. The van der Waals surface area contributed by atoms with Crippen LogP contribution in [0.5, 0.6) is 0 Å². The Kier molecular flexibility index (Phi) is 10.2. The third-order valence-corrected chi connectivity index (χ3v) is 5.03. The molecule has 4 nitrogen and oxygen atoms in total. The molecular formula is C18H12BrN2NaO2S2. The number of carbonyl (C=O) groups excluding carboxylic acids is 2. The molecule has 0 aromatic heterocycles. The molecule has 0 heterocycles. The Morgan fingerprint density at radius 2 is 1.73 bits per heavy atom. The second kappa shape index (κ2) is 11.5. The van der Waals surface area contributed by atoms with E-state index in [-0.39, 0.29) is 50.9 Å². The van der Waals surface area contributed by atoms with E-state index in [4.69, 9.17) is 12.6 Å². The molecule has 0 aliphatic rings. The van der Waals surface area contributed by atoms with E-state index in [1.54, 1.807) is 48.5 Å². The van der Waals surface area contributed by atoms with Crippen molar-refractivity contribution in [3.8, 4) is 6.07 Å². The largest absolute Gasteiger partial charge is 1.00 e. The molecule has 0 fully saturated rings. The minimum atomic E-state index is -0.588. The molecule has 0 saturated carbocycles. The Morgan fingerprint density at radius 3 is 2.31 bits per heavy atom. The molecule has 2 aromatic carbocycles. The summed E-state index contributed by atoms with van der Waals surface area (Å²) in [5.74, 6) is -0.632. The first-order chi connectivity index (χ1) is 12.0. The molecule has 26 heavy (non-hydrogen) atoms. The SMILES string of the molecule is N#C/C(C(=O)Nc1ccc(Br)cc1)=C(/[S-])SCC(=O)c1ccccc1.[Na+]. The molecule has 0 aliphatic carbocycles. The maximum atomic E-state index is 12.2. The summed E-state index contributed by atoms with van der Waals surface area (Å²) in [4.78, 5) is 24.3. The van der Waals surface area contributed by atoms with Crippen molar-refractivity contribution in [1.82, 2.24) is 0 Å². The number of hydrogen-bond donors (Lipinski definition) is 1. The van der Waals surface area contributed by atoms with E-state index >= 15 is 0 Å². The van der Waals surface area contributed by atoms with Crippen molar-refractivity contribution in [2.75, 3.05) is 11.1 Å². The van der Waals surface area contributed by atoms with E-state index in [1.165, 1.54) is 0 Å². The number of anilines is 1. The first-order valence-corrected chi connectivity index (χ1v) is 9.29. The molecule has 8 heteroatoms. The molecule has 126 valence electrons. The summed E-state index contributed by atoms with van der Waals surface area (Å²) in [5, 5.41) is 11.8. The van der Waals surface area contributed by atoms with E-state index in [0.717, 1.165) is 16.2 Å². The topological polar surface area (TPSA) is 70.0 Å². The zero-order valence-corrected chi connectivity index (χ0v) is 19.1. The standard InChI is InChI=1S/C18H13BrN2O2S2.Na/c19-13-6-8-14(9-7-13)21-17(23)15(10-20)18(24)25-11-16(22)12-4-2-1-3-5-12;/h1-9,24H,11H2,(H,21,23);/q;+1/p-1/b18-15+;. The predicted octanol–water partition coefficient (Wildman–Crippen LogP) is 1.29. The summed E-state index contributed by atoms with van der Waals surface area (Å²) < 4.78 is 0.974. The summed E-state index contributed by atoms with van der Waals surface area (Å²) in [6.45, 7) is 0. The van der Waals surface area contributed by atoms with Gasteiger partial charge in [-0.25, -0.2) is 0 Å². The van der Waals surface area contributed by atoms with Gasteiger partial charge in [0.2, 0.25) is 0 Å². The Morgan fingerprint density at radius 1 is 1.12 bits per heavy atom. The van der Waals surface area contributed by atoms with Crippen LogP contribution in [-0.2, 0) is 17.4 Å². The second-order valence-electron chi connectivity index (χ2n) is 4.81. The van der Waals surface area contributed by atoms with Crippen molar-refractivity contribution in [3.05, 3.63) is 74.4 Å². The van der Waals surface area contributed by atoms with Crippen molar-refractivity contribution in [2.45, 2.75) is 0 Å².